The highest BCUT2D eigenvalue weighted by Gasteiger charge is 2.36. The first-order valence-corrected chi connectivity index (χ1v) is 12.9. The summed E-state index contributed by atoms with van der Waals surface area (Å²) in [5, 5.41) is 16.1. The van der Waals surface area contributed by atoms with Gasteiger partial charge in [-0.2, -0.15) is 0 Å². The number of aromatic amines is 1. The number of carbonyl (C=O) groups is 1. The van der Waals surface area contributed by atoms with E-state index in [1.807, 2.05) is 57.2 Å². The van der Waals surface area contributed by atoms with E-state index in [1.165, 1.54) is 4.68 Å². The molecule has 3 heterocycles. The fraction of sp³-hybridized carbons (Fsp3) is 0.393. The number of rotatable bonds is 10. The van der Waals surface area contributed by atoms with Crippen molar-refractivity contribution >= 4 is 22.7 Å². The predicted octanol–water partition coefficient (Wildman–Crippen LogP) is 4.39. The van der Waals surface area contributed by atoms with Crippen molar-refractivity contribution in [2.75, 3.05) is 12.1 Å². The third kappa shape index (κ3) is 6.36. The standard InChI is InChI=1S/C28H33N7O4/c1-18(21(24-15-37-17-38-24)12-19-8-6-5-7-9-19)26(31-20-10-11-22-23(13-20)30-16-29-22)27-32-33-34-35(27)14-25(36)39-28(2,3)4/h5-11,13,15-16,18,21,26,31H,12,14,17H2,1-4H3,(H,29,30). The van der Waals surface area contributed by atoms with Gasteiger partial charge in [-0.3, -0.25) is 4.79 Å². The van der Waals surface area contributed by atoms with E-state index < -0.39 is 17.6 Å². The number of nitrogens with zero attached hydrogens (tertiary/aromatic N) is 5. The zero-order valence-corrected chi connectivity index (χ0v) is 22.5. The molecule has 0 saturated carbocycles. The molecular formula is C28H33N7O4. The summed E-state index contributed by atoms with van der Waals surface area (Å²) in [6.07, 6.45) is 4.06. The quantitative estimate of drug-likeness (QED) is 0.286. The van der Waals surface area contributed by atoms with Crippen molar-refractivity contribution in [2.45, 2.75) is 52.3 Å². The molecule has 2 aromatic heterocycles. The average Bonchev–Trinajstić information content (AvgIpc) is 3.67. The second-order valence-electron chi connectivity index (χ2n) is 10.6. The molecular weight excluding hydrogens is 498 g/mol. The fourth-order valence-electron chi connectivity index (χ4n) is 4.77. The number of allylic oxidation sites excluding steroid dienone is 1. The molecule has 11 heteroatoms. The molecule has 3 unspecified atom stereocenters. The molecule has 204 valence electrons. The van der Waals surface area contributed by atoms with Gasteiger partial charge in [-0.1, -0.05) is 37.3 Å². The van der Waals surface area contributed by atoms with E-state index in [9.17, 15) is 4.79 Å². The molecule has 0 radical (unpaired) electrons. The second kappa shape index (κ2) is 11.1. The average molecular weight is 532 g/mol. The topological polar surface area (TPSA) is 129 Å². The Balaban J connectivity index is 1.50. The Bertz CT molecular complexity index is 1440. The van der Waals surface area contributed by atoms with Gasteiger partial charge in [0.1, 0.15) is 24.2 Å². The van der Waals surface area contributed by atoms with Crippen molar-refractivity contribution in [2.24, 2.45) is 11.8 Å². The van der Waals surface area contributed by atoms with Gasteiger partial charge < -0.3 is 24.5 Å². The first kappa shape index (κ1) is 26.2. The van der Waals surface area contributed by atoms with E-state index >= 15 is 0 Å². The van der Waals surface area contributed by atoms with Crippen LogP contribution in [0.15, 0.2) is 66.9 Å². The molecule has 0 saturated heterocycles. The van der Waals surface area contributed by atoms with Gasteiger partial charge in [0.05, 0.1) is 23.4 Å². The molecule has 0 amide bonds. The van der Waals surface area contributed by atoms with Crippen LogP contribution < -0.4 is 5.32 Å². The summed E-state index contributed by atoms with van der Waals surface area (Å²) >= 11 is 0. The Morgan fingerprint density at radius 2 is 2.03 bits per heavy atom. The van der Waals surface area contributed by atoms with Crippen LogP contribution in [0, 0.1) is 11.8 Å². The largest absolute Gasteiger partial charge is 0.462 e. The molecule has 2 aromatic carbocycles. The van der Waals surface area contributed by atoms with E-state index in [4.69, 9.17) is 14.2 Å². The Morgan fingerprint density at radius 3 is 2.77 bits per heavy atom. The number of fused-ring (bicyclic) bond motifs is 1. The number of esters is 1. The lowest BCUT2D eigenvalue weighted by Crippen LogP contribution is -2.32. The Hall–Kier alpha value is -4.41. The lowest BCUT2D eigenvalue weighted by Gasteiger charge is -2.31. The molecule has 39 heavy (non-hydrogen) atoms. The van der Waals surface area contributed by atoms with Crippen LogP contribution >= 0.6 is 0 Å². The molecule has 3 atom stereocenters. The number of aromatic nitrogens is 6. The van der Waals surface area contributed by atoms with Crippen molar-refractivity contribution < 1.29 is 19.0 Å². The van der Waals surface area contributed by atoms with Crippen LogP contribution in [0.25, 0.3) is 11.0 Å². The Kier molecular flexibility index (Phi) is 7.49. The van der Waals surface area contributed by atoms with Crippen LogP contribution in [0.2, 0.25) is 0 Å². The number of ether oxygens (including phenoxy) is 3. The summed E-state index contributed by atoms with van der Waals surface area (Å²) in [4.78, 5) is 20.2. The van der Waals surface area contributed by atoms with Gasteiger partial charge in [-0.15, -0.1) is 5.10 Å². The molecule has 1 aliphatic heterocycles. The predicted molar refractivity (Wildman–Crippen MR) is 144 cm³/mol. The van der Waals surface area contributed by atoms with Gasteiger partial charge in [0, 0.05) is 11.6 Å². The van der Waals surface area contributed by atoms with Crippen LogP contribution in [0.1, 0.15) is 45.1 Å². The number of hydrogen-bond acceptors (Lipinski definition) is 9. The minimum absolute atomic E-state index is 0.0741. The summed E-state index contributed by atoms with van der Waals surface area (Å²) in [5.41, 5.74) is 3.16. The maximum absolute atomic E-state index is 12.7. The SMILES string of the molecule is CC(C(Cc1ccccc1)C1=COCO1)C(Nc1ccc2nc[nH]c2c1)c1nnnn1CC(=O)OC(C)(C)C. The molecule has 0 bridgehead atoms. The Morgan fingerprint density at radius 1 is 1.21 bits per heavy atom. The summed E-state index contributed by atoms with van der Waals surface area (Å²) in [6, 6.07) is 15.7. The molecule has 1 aliphatic rings. The number of benzene rings is 2. The third-order valence-corrected chi connectivity index (χ3v) is 6.60. The highest BCUT2D eigenvalue weighted by molar-refractivity contribution is 5.78. The van der Waals surface area contributed by atoms with E-state index in [0.717, 1.165) is 28.0 Å². The van der Waals surface area contributed by atoms with Gasteiger partial charge in [0.2, 0.25) is 6.79 Å². The van der Waals surface area contributed by atoms with E-state index in [-0.39, 0.29) is 25.2 Å². The minimum Gasteiger partial charge on any atom is -0.462 e. The van der Waals surface area contributed by atoms with Crippen LogP contribution in [0.5, 0.6) is 0 Å². The maximum Gasteiger partial charge on any atom is 0.328 e. The van der Waals surface area contributed by atoms with Crippen molar-refractivity contribution in [3.63, 3.8) is 0 Å². The van der Waals surface area contributed by atoms with E-state index in [0.29, 0.717) is 12.2 Å². The third-order valence-electron chi connectivity index (χ3n) is 6.60. The minimum atomic E-state index is -0.622. The molecule has 11 nitrogen and oxygen atoms in total. The molecule has 5 rings (SSSR count). The molecule has 2 N–H and O–H groups in total. The summed E-state index contributed by atoms with van der Waals surface area (Å²) in [7, 11) is 0. The van der Waals surface area contributed by atoms with Crippen LogP contribution in [-0.4, -0.2) is 48.5 Å². The van der Waals surface area contributed by atoms with Gasteiger partial charge >= 0.3 is 5.97 Å². The fourth-order valence-corrected chi connectivity index (χ4v) is 4.77. The van der Waals surface area contributed by atoms with Gasteiger partial charge in [0.25, 0.3) is 0 Å². The monoisotopic (exact) mass is 531 g/mol. The first-order valence-electron chi connectivity index (χ1n) is 12.9. The molecule has 0 spiro atoms. The number of hydrogen-bond donors (Lipinski definition) is 2. The summed E-state index contributed by atoms with van der Waals surface area (Å²) in [5.74, 6) is 0.676. The summed E-state index contributed by atoms with van der Waals surface area (Å²) in [6.45, 7) is 7.67. The number of anilines is 1. The highest BCUT2D eigenvalue weighted by atomic mass is 16.7. The van der Waals surface area contributed by atoms with Gasteiger partial charge in [-0.25, -0.2) is 9.67 Å². The number of carbonyl (C=O) groups excluding carboxylic acids is 1. The second-order valence-corrected chi connectivity index (χ2v) is 10.6. The van der Waals surface area contributed by atoms with Crippen molar-refractivity contribution in [1.82, 2.24) is 30.2 Å². The molecule has 0 fully saturated rings. The highest BCUT2D eigenvalue weighted by Crippen LogP contribution is 2.37. The normalized spacial score (nSPS) is 15.6. The molecule has 0 aliphatic carbocycles. The van der Waals surface area contributed by atoms with Gasteiger partial charge in [-0.05, 0) is 67.3 Å². The summed E-state index contributed by atoms with van der Waals surface area (Å²) < 4.78 is 18.4. The van der Waals surface area contributed by atoms with Gasteiger partial charge in [0.15, 0.2) is 5.82 Å². The zero-order chi connectivity index (χ0) is 27.4. The smallest absolute Gasteiger partial charge is 0.328 e. The van der Waals surface area contributed by atoms with Crippen LogP contribution in [0.3, 0.4) is 0 Å². The number of nitrogens with one attached hydrogen (secondary N) is 2. The number of H-pyrrole nitrogens is 1. The van der Waals surface area contributed by atoms with E-state index in [1.54, 1.807) is 12.6 Å². The maximum atomic E-state index is 12.7. The first-order chi connectivity index (χ1) is 18.8. The van der Waals surface area contributed by atoms with E-state index in [2.05, 4.69) is 49.9 Å². The lowest BCUT2D eigenvalue weighted by atomic mass is 9.81. The number of tetrazole rings is 1. The van der Waals surface area contributed by atoms with Crippen LogP contribution in [0.4, 0.5) is 5.69 Å². The lowest BCUT2D eigenvalue weighted by molar-refractivity contribution is -0.155. The van der Waals surface area contributed by atoms with Crippen molar-refractivity contribution in [1.29, 1.82) is 0 Å². The van der Waals surface area contributed by atoms with Crippen molar-refractivity contribution in [3.8, 4) is 0 Å². The molecule has 4 aromatic rings. The number of imidazole rings is 1. The van der Waals surface area contributed by atoms with Crippen molar-refractivity contribution in [3.05, 3.63) is 78.3 Å². The Labute approximate surface area is 226 Å². The zero-order valence-electron chi connectivity index (χ0n) is 22.5. The van der Waals surface area contributed by atoms with Crippen LogP contribution in [-0.2, 0) is 32.0 Å².